The minimum atomic E-state index is -0.198. The molecular weight excluding hydrogens is 236 g/mol. The van der Waals surface area contributed by atoms with Gasteiger partial charge in [-0.25, -0.2) is 0 Å². The Morgan fingerprint density at radius 2 is 1.89 bits per heavy atom. The van der Waals surface area contributed by atoms with E-state index in [2.05, 4.69) is 33.4 Å². The maximum absolute atomic E-state index is 6.14. The molecule has 2 heteroatoms. The smallest absolute Gasteiger partial charge is 0.0803 e. The molecule has 0 saturated heterocycles. The van der Waals surface area contributed by atoms with Crippen molar-refractivity contribution in [1.29, 1.82) is 0 Å². The minimum absolute atomic E-state index is 0.0447. The highest BCUT2D eigenvalue weighted by molar-refractivity contribution is 5.26. The zero-order valence-electron chi connectivity index (χ0n) is 13.4. The van der Waals surface area contributed by atoms with E-state index in [0.717, 1.165) is 18.6 Å². The van der Waals surface area contributed by atoms with Crippen LogP contribution in [0.15, 0.2) is 36.5 Å². The molecule has 0 aromatic carbocycles. The van der Waals surface area contributed by atoms with Gasteiger partial charge in [0.1, 0.15) is 0 Å². The second kappa shape index (κ2) is 9.11. The predicted octanol–water partition coefficient (Wildman–Crippen LogP) is 4.67. The van der Waals surface area contributed by atoms with Crippen LogP contribution in [0, 0.1) is 0 Å². The Kier molecular flexibility index (Phi) is 8.70. The monoisotopic (exact) mass is 266 g/mol. The SMILES string of the molecule is C=C/C=C(\C=C/C)C(C)OC(C)(C)CCOC(C)C. The van der Waals surface area contributed by atoms with Gasteiger partial charge >= 0.3 is 0 Å². The molecule has 2 nitrogen and oxygen atoms in total. The number of ether oxygens (including phenoxy) is 2. The van der Waals surface area contributed by atoms with E-state index in [1.54, 1.807) is 6.08 Å². The van der Waals surface area contributed by atoms with Crippen molar-refractivity contribution >= 4 is 0 Å². The fraction of sp³-hybridized carbons (Fsp3) is 0.647. The van der Waals surface area contributed by atoms with Crippen LogP contribution < -0.4 is 0 Å². The second-order valence-corrected chi connectivity index (χ2v) is 5.59. The molecule has 0 amide bonds. The van der Waals surface area contributed by atoms with Crippen LogP contribution in [0.3, 0.4) is 0 Å². The summed E-state index contributed by atoms with van der Waals surface area (Å²) in [5.41, 5.74) is 0.936. The summed E-state index contributed by atoms with van der Waals surface area (Å²) in [6.45, 7) is 16.9. The highest BCUT2D eigenvalue weighted by Crippen LogP contribution is 2.21. The van der Waals surface area contributed by atoms with Gasteiger partial charge in [0, 0.05) is 6.61 Å². The highest BCUT2D eigenvalue weighted by atomic mass is 16.5. The summed E-state index contributed by atoms with van der Waals surface area (Å²) in [5, 5.41) is 0. The highest BCUT2D eigenvalue weighted by Gasteiger charge is 2.22. The van der Waals surface area contributed by atoms with Gasteiger partial charge in [0.2, 0.25) is 0 Å². The lowest BCUT2D eigenvalue weighted by Gasteiger charge is -2.30. The fourth-order valence-corrected chi connectivity index (χ4v) is 1.80. The van der Waals surface area contributed by atoms with Crippen molar-refractivity contribution in [3.63, 3.8) is 0 Å². The number of hydrogen-bond acceptors (Lipinski definition) is 2. The van der Waals surface area contributed by atoms with Gasteiger partial charge in [-0.05, 0) is 53.5 Å². The van der Waals surface area contributed by atoms with E-state index in [0.29, 0.717) is 0 Å². The van der Waals surface area contributed by atoms with E-state index >= 15 is 0 Å². The van der Waals surface area contributed by atoms with E-state index in [1.165, 1.54) is 0 Å². The first-order valence-electron chi connectivity index (χ1n) is 7.07. The Morgan fingerprint density at radius 3 is 2.37 bits per heavy atom. The molecule has 0 fully saturated rings. The molecule has 0 bridgehead atoms. The molecule has 1 unspecified atom stereocenters. The van der Waals surface area contributed by atoms with Gasteiger partial charge in [-0.1, -0.05) is 30.9 Å². The molecular formula is C17H30O2. The minimum Gasteiger partial charge on any atom is -0.379 e. The lowest BCUT2D eigenvalue weighted by Crippen LogP contribution is -2.31. The second-order valence-electron chi connectivity index (χ2n) is 5.59. The Balaban J connectivity index is 4.45. The van der Waals surface area contributed by atoms with Crippen molar-refractivity contribution in [2.24, 2.45) is 0 Å². The molecule has 0 aliphatic heterocycles. The van der Waals surface area contributed by atoms with E-state index in [4.69, 9.17) is 9.47 Å². The third-order valence-corrected chi connectivity index (χ3v) is 2.79. The maximum Gasteiger partial charge on any atom is 0.0803 e. The van der Waals surface area contributed by atoms with Crippen molar-refractivity contribution in [2.45, 2.75) is 65.8 Å². The van der Waals surface area contributed by atoms with Gasteiger partial charge in [-0.15, -0.1) is 0 Å². The summed E-state index contributed by atoms with van der Waals surface area (Å²) in [7, 11) is 0. The topological polar surface area (TPSA) is 18.5 Å². The molecule has 0 N–H and O–H groups in total. The molecule has 0 spiro atoms. The first-order chi connectivity index (χ1) is 8.82. The Hall–Kier alpha value is -0.860. The zero-order valence-corrected chi connectivity index (χ0v) is 13.4. The molecule has 0 radical (unpaired) electrons. The summed E-state index contributed by atoms with van der Waals surface area (Å²) in [4.78, 5) is 0. The van der Waals surface area contributed by atoms with Gasteiger partial charge in [-0.2, -0.15) is 0 Å². The molecule has 0 aliphatic carbocycles. The van der Waals surface area contributed by atoms with Crippen LogP contribution in [0.5, 0.6) is 0 Å². The zero-order chi connectivity index (χ0) is 14.9. The van der Waals surface area contributed by atoms with E-state index in [1.807, 2.05) is 32.9 Å². The molecule has 0 heterocycles. The fourth-order valence-electron chi connectivity index (χ4n) is 1.80. The molecule has 0 aromatic heterocycles. The standard InChI is InChI=1S/C17H30O2/c1-8-10-16(11-9-2)15(5)19-17(6,7)12-13-18-14(3)4/h8-11,14-15H,1,12-13H2,2-7H3/b11-9-,16-10+. The van der Waals surface area contributed by atoms with E-state index in [-0.39, 0.29) is 17.8 Å². The van der Waals surface area contributed by atoms with Gasteiger partial charge < -0.3 is 9.47 Å². The van der Waals surface area contributed by atoms with Gasteiger partial charge in [0.05, 0.1) is 17.8 Å². The average molecular weight is 266 g/mol. The lowest BCUT2D eigenvalue weighted by atomic mass is 10.0. The maximum atomic E-state index is 6.14. The number of rotatable bonds is 9. The van der Waals surface area contributed by atoms with Crippen LogP contribution in [-0.4, -0.2) is 24.4 Å². The molecule has 0 rings (SSSR count). The normalized spacial score (nSPS) is 15.2. The Morgan fingerprint density at radius 1 is 1.26 bits per heavy atom. The lowest BCUT2D eigenvalue weighted by molar-refractivity contribution is -0.0695. The molecule has 0 saturated carbocycles. The quantitative estimate of drug-likeness (QED) is 0.564. The van der Waals surface area contributed by atoms with Crippen LogP contribution in [0.1, 0.15) is 48.0 Å². The third kappa shape index (κ3) is 8.79. The van der Waals surface area contributed by atoms with Crippen molar-refractivity contribution < 1.29 is 9.47 Å². The number of allylic oxidation sites excluding steroid dienone is 3. The summed E-state index contributed by atoms with van der Waals surface area (Å²) in [6, 6.07) is 0. The Bertz CT molecular complexity index is 311. The Labute approximate surface area is 119 Å². The van der Waals surface area contributed by atoms with Crippen LogP contribution in [0.2, 0.25) is 0 Å². The van der Waals surface area contributed by atoms with Crippen LogP contribution in [0.4, 0.5) is 0 Å². The van der Waals surface area contributed by atoms with Gasteiger partial charge in [0.15, 0.2) is 0 Å². The van der Waals surface area contributed by atoms with Crippen LogP contribution >= 0.6 is 0 Å². The van der Waals surface area contributed by atoms with E-state index in [9.17, 15) is 0 Å². The van der Waals surface area contributed by atoms with Crippen molar-refractivity contribution in [3.05, 3.63) is 36.5 Å². The van der Waals surface area contributed by atoms with Crippen LogP contribution in [-0.2, 0) is 9.47 Å². The van der Waals surface area contributed by atoms with E-state index < -0.39 is 0 Å². The molecule has 1 atom stereocenters. The van der Waals surface area contributed by atoms with Gasteiger partial charge in [0.25, 0.3) is 0 Å². The first kappa shape index (κ1) is 18.1. The largest absolute Gasteiger partial charge is 0.379 e. The molecule has 0 aliphatic rings. The van der Waals surface area contributed by atoms with Crippen molar-refractivity contribution in [2.75, 3.05) is 6.61 Å². The summed E-state index contributed by atoms with van der Waals surface area (Å²) in [6.07, 6.45) is 9.06. The average Bonchev–Trinajstić information content (AvgIpc) is 2.27. The molecule has 110 valence electrons. The predicted molar refractivity (Wildman–Crippen MR) is 83.4 cm³/mol. The molecule has 19 heavy (non-hydrogen) atoms. The number of hydrogen-bond donors (Lipinski definition) is 0. The van der Waals surface area contributed by atoms with Crippen molar-refractivity contribution in [3.8, 4) is 0 Å². The summed E-state index contributed by atoms with van der Waals surface area (Å²) < 4.78 is 11.7. The van der Waals surface area contributed by atoms with Gasteiger partial charge in [-0.3, -0.25) is 0 Å². The third-order valence-electron chi connectivity index (χ3n) is 2.79. The molecule has 0 aromatic rings. The summed E-state index contributed by atoms with van der Waals surface area (Å²) >= 11 is 0. The summed E-state index contributed by atoms with van der Waals surface area (Å²) in [5.74, 6) is 0. The van der Waals surface area contributed by atoms with Crippen molar-refractivity contribution in [1.82, 2.24) is 0 Å². The first-order valence-corrected chi connectivity index (χ1v) is 7.07. The van der Waals surface area contributed by atoms with Crippen LogP contribution in [0.25, 0.3) is 0 Å².